The van der Waals surface area contributed by atoms with Crippen LogP contribution in [0.2, 0.25) is 0 Å². The summed E-state index contributed by atoms with van der Waals surface area (Å²) in [6, 6.07) is 0. The van der Waals surface area contributed by atoms with Crippen molar-refractivity contribution in [2.45, 2.75) is 13.3 Å². The van der Waals surface area contributed by atoms with E-state index >= 15 is 0 Å². The highest BCUT2D eigenvalue weighted by atomic mass is 127. The molecule has 0 aliphatic carbocycles. The number of halogens is 1. The topological polar surface area (TPSA) is 20.2 Å². The summed E-state index contributed by atoms with van der Waals surface area (Å²) in [4.78, 5) is 0. The average molecular weight is 238 g/mol. The molecule has 0 aliphatic rings. The molecule has 0 aromatic heterocycles. The van der Waals surface area contributed by atoms with Gasteiger partial charge in [0.2, 0.25) is 0 Å². The fourth-order valence-corrected chi connectivity index (χ4v) is 0.879. The van der Waals surface area contributed by atoms with E-state index < -0.39 is 0 Å². The van der Waals surface area contributed by atoms with Gasteiger partial charge in [-0.2, -0.15) is 0 Å². The van der Waals surface area contributed by atoms with Crippen molar-refractivity contribution in [1.29, 1.82) is 0 Å². The van der Waals surface area contributed by atoms with Gasteiger partial charge in [0.15, 0.2) is 0 Å². The molecule has 9 heavy (non-hydrogen) atoms. The summed E-state index contributed by atoms with van der Waals surface area (Å²) in [6.07, 6.45) is 2.60. The monoisotopic (exact) mass is 238 g/mol. The lowest BCUT2D eigenvalue weighted by atomic mass is 10.2. The maximum Gasteiger partial charge on any atom is 0.0654 e. The van der Waals surface area contributed by atoms with Crippen LogP contribution in [0.3, 0.4) is 0 Å². The smallest absolute Gasteiger partial charge is 0.0654 e. The minimum Gasteiger partial charge on any atom is -0.392 e. The molecule has 0 unspecified atom stereocenters. The van der Waals surface area contributed by atoms with Gasteiger partial charge in [-0.15, -0.1) is 6.58 Å². The van der Waals surface area contributed by atoms with Crippen LogP contribution in [-0.2, 0) is 0 Å². The van der Waals surface area contributed by atoms with Crippen molar-refractivity contribution < 1.29 is 5.11 Å². The zero-order chi connectivity index (χ0) is 7.28. The lowest BCUT2D eigenvalue weighted by Gasteiger charge is -1.99. The van der Waals surface area contributed by atoms with E-state index in [-0.39, 0.29) is 6.61 Å². The normalized spacial score (nSPS) is 12.8. The van der Waals surface area contributed by atoms with Crippen molar-refractivity contribution in [3.8, 4) is 0 Å². The lowest BCUT2D eigenvalue weighted by molar-refractivity contribution is 0.328. The highest BCUT2D eigenvalue weighted by Crippen LogP contribution is 2.14. The Morgan fingerprint density at radius 3 is 2.44 bits per heavy atom. The van der Waals surface area contributed by atoms with Gasteiger partial charge in [0, 0.05) is 0 Å². The maximum absolute atomic E-state index is 8.72. The summed E-state index contributed by atoms with van der Waals surface area (Å²) >= 11 is 2.20. The zero-order valence-corrected chi connectivity index (χ0v) is 7.68. The zero-order valence-electron chi connectivity index (χ0n) is 5.52. The Balaban J connectivity index is 3.97. The number of hydrogen-bond donors (Lipinski definition) is 1. The molecule has 0 radical (unpaired) electrons. The van der Waals surface area contributed by atoms with E-state index in [1.54, 1.807) is 6.08 Å². The van der Waals surface area contributed by atoms with E-state index in [1.165, 1.54) is 0 Å². The van der Waals surface area contributed by atoms with E-state index in [9.17, 15) is 0 Å². The third kappa shape index (κ3) is 3.70. The van der Waals surface area contributed by atoms with Crippen molar-refractivity contribution in [2.24, 2.45) is 0 Å². The van der Waals surface area contributed by atoms with Gasteiger partial charge in [-0.3, -0.25) is 0 Å². The van der Waals surface area contributed by atoms with Crippen LogP contribution in [0.1, 0.15) is 13.3 Å². The predicted octanol–water partition coefficient (Wildman–Crippen LogP) is 2.26. The van der Waals surface area contributed by atoms with Crippen LogP contribution in [0.5, 0.6) is 0 Å². The molecule has 1 nitrogen and oxygen atoms in total. The quantitative estimate of drug-likeness (QED) is 0.590. The predicted molar refractivity (Wildman–Crippen MR) is 48.6 cm³/mol. The Bertz CT molecular complexity index is 123. The maximum atomic E-state index is 8.72. The Morgan fingerprint density at radius 2 is 2.33 bits per heavy atom. The Hall–Kier alpha value is 0.170. The van der Waals surface area contributed by atoms with Gasteiger partial charge < -0.3 is 5.11 Å². The number of hydrogen-bond acceptors (Lipinski definition) is 1. The molecule has 0 aliphatic heterocycles. The molecular weight excluding hydrogens is 227 g/mol. The van der Waals surface area contributed by atoms with Gasteiger partial charge in [-0.25, -0.2) is 0 Å². The first-order valence-electron chi connectivity index (χ1n) is 2.78. The second kappa shape index (κ2) is 4.99. The molecule has 0 atom stereocenters. The second-order valence-electron chi connectivity index (χ2n) is 1.79. The van der Waals surface area contributed by atoms with Gasteiger partial charge in [0.05, 0.1) is 6.61 Å². The lowest BCUT2D eigenvalue weighted by Crippen LogP contribution is -1.89. The largest absolute Gasteiger partial charge is 0.392 e. The molecule has 0 saturated carbocycles. The Labute approximate surface area is 69.6 Å². The molecule has 52 valence electrons. The molecule has 0 aromatic carbocycles. The summed E-state index contributed by atoms with van der Waals surface area (Å²) in [5.74, 6) is 0. The van der Waals surface area contributed by atoms with Crippen molar-refractivity contribution in [1.82, 2.24) is 0 Å². The van der Waals surface area contributed by atoms with E-state index in [0.29, 0.717) is 0 Å². The van der Waals surface area contributed by atoms with Gasteiger partial charge >= 0.3 is 0 Å². The molecule has 0 aromatic rings. The molecule has 0 rings (SSSR count). The molecule has 0 spiro atoms. The first-order chi connectivity index (χ1) is 4.22. The standard InChI is InChI=1S/C7H11IO/c1-3-4-7(5-9)6(2)8/h3,9H,1,4-5H2,2H3/b7-6-. The van der Waals surface area contributed by atoms with Crippen LogP contribution in [0.15, 0.2) is 21.8 Å². The first kappa shape index (κ1) is 9.17. The fraction of sp³-hybridized carbons (Fsp3) is 0.429. The van der Waals surface area contributed by atoms with Crippen molar-refractivity contribution >= 4 is 22.6 Å². The second-order valence-corrected chi connectivity index (χ2v) is 3.41. The molecule has 0 fully saturated rings. The summed E-state index contributed by atoms with van der Waals surface area (Å²) in [7, 11) is 0. The molecule has 1 N–H and O–H groups in total. The number of rotatable bonds is 3. The van der Waals surface area contributed by atoms with Crippen LogP contribution in [0.25, 0.3) is 0 Å². The number of aliphatic hydroxyl groups excluding tert-OH is 1. The van der Waals surface area contributed by atoms with Crippen LogP contribution in [-0.4, -0.2) is 11.7 Å². The molecule has 2 heteroatoms. The van der Waals surface area contributed by atoms with Crippen molar-refractivity contribution in [2.75, 3.05) is 6.61 Å². The third-order valence-electron chi connectivity index (χ3n) is 1.07. The van der Waals surface area contributed by atoms with Crippen LogP contribution >= 0.6 is 22.6 Å². The van der Waals surface area contributed by atoms with E-state index in [2.05, 4.69) is 29.2 Å². The minimum atomic E-state index is 0.154. The summed E-state index contributed by atoms with van der Waals surface area (Å²) in [5, 5.41) is 8.72. The molecule has 0 amide bonds. The molecule has 0 bridgehead atoms. The highest BCUT2D eigenvalue weighted by Gasteiger charge is 1.93. The van der Waals surface area contributed by atoms with E-state index in [4.69, 9.17) is 5.11 Å². The first-order valence-corrected chi connectivity index (χ1v) is 3.86. The Morgan fingerprint density at radius 1 is 1.78 bits per heavy atom. The summed E-state index contributed by atoms with van der Waals surface area (Å²) < 4.78 is 1.16. The van der Waals surface area contributed by atoms with Gasteiger partial charge in [0.25, 0.3) is 0 Å². The average Bonchev–Trinajstić information content (AvgIpc) is 1.82. The molecular formula is C7H11IO. The van der Waals surface area contributed by atoms with Crippen LogP contribution in [0.4, 0.5) is 0 Å². The number of allylic oxidation sites excluding steroid dienone is 2. The third-order valence-corrected chi connectivity index (χ3v) is 1.83. The SMILES string of the molecule is C=CC/C(CO)=C(\C)I. The van der Waals surface area contributed by atoms with E-state index in [0.717, 1.165) is 15.6 Å². The van der Waals surface area contributed by atoms with Gasteiger partial charge in [0.1, 0.15) is 0 Å². The van der Waals surface area contributed by atoms with Crippen LogP contribution < -0.4 is 0 Å². The fourth-order valence-electron chi connectivity index (χ4n) is 0.488. The van der Waals surface area contributed by atoms with Gasteiger partial charge in [-0.1, -0.05) is 6.08 Å². The van der Waals surface area contributed by atoms with Crippen molar-refractivity contribution in [3.05, 3.63) is 21.8 Å². The number of aliphatic hydroxyl groups is 1. The molecule has 0 saturated heterocycles. The summed E-state index contributed by atoms with van der Waals surface area (Å²) in [5.41, 5.74) is 1.06. The van der Waals surface area contributed by atoms with Crippen molar-refractivity contribution in [3.63, 3.8) is 0 Å². The summed E-state index contributed by atoms with van der Waals surface area (Å²) in [6.45, 7) is 5.72. The van der Waals surface area contributed by atoms with E-state index in [1.807, 2.05) is 6.92 Å². The highest BCUT2D eigenvalue weighted by molar-refractivity contribution is 14.1. The van der Waals surface area contributed by atoms with Gasteiger partial charge in [-0.05, 0) is 45.1 Å². The minimum absolute atomic E-state index is 0.154. The molecule has 0 heterocycles. The Kier molecular flexibility index (Phi) is 5.09. The van der Waals surface area contributed by atoms with Crippen LogP contribution in [0, 0.1) is 0 Å².